The third kappa shape index (κ3) is 3.45. The van der Waals surface area contributed by atoms with Crippen LogP contribution in [0.4, 0.5) is 0 Å². The SMILES string of the molecule is COc1cccc(C(C)NC[C@@H]2C[C@H]2c2ccccc2)c1. The highest BCUT2D eigenvalue weighted by molar-refractivity contribution is 5.30. The lowest BCUT2D eigenvalue weighted by Gasteiger charge is -2.15. The van der Waals surface area contributed by atoms with Gasteiger partial charge in [0.25, 0.3) is 0 Å². The standard InChI is InChI=1S/C19H23NO/c1-14(16-9-6-10-18(11-16)21-2)20-13-17-12-19(17)15-7-4-3-5-8-15/h3-11,14,17,19-20H,12-13H2,1-2H3/t14?,17-,19-/m0/s1. The van der Waals surface area contributed by atoms with Gasteiger partial charge in [-0.1, -0.05) is 42.5 Å². The van der Waals surface area contributed by atoms with Crippen molar-refractivity contribution in [2.45, 2.75) is 25.3 Å². The Morgan fingerprint density at radius 3 is 2.71 bits per heavy atom. The third-order valence-corrected chi connectivity index (χ3v) is 4.43. The Morgan fingerprint density at radius 2 is 1.95 bits per heavy atom. The lowest BCUT2D eigenvalue weighted by molar-refractivity contribution is 0.413. The zero-order valence-electron chi connectivity index (χ0n) is 12.8. The average Bonchev–Trinajstić information content (AvgIpc) is 3.33. The Kier molecular flexibility index (Phi) is 4.26. The molecule has 1 aliphatic rings. The van der Waals surface area contributed by atoms with Gasteiger partial charge in [-0.05, 0) is 55.0 Å². The van der Waals surface area contributed by atoms with E-state index in [9.17, 15) is 0 Å². The van der Waals surface area contributed by atoms with Crippen LogP contribution in [-0.2, 0) is 0 Å². The number of hydrogen-bond donors (Lipinski definition) is 1. The monoisotopic (exact) mass is 281 g/mol. The van der Waals surface area contributed by atoms with E-state index in [0.717, 1.165) is 24.1 Å². The van der Waals surface area contributed by atoms with Crippen molar-refractivity contribution in [3.8, 4) is 5.75 Å². The van der Waals surface area contributed by atoms with Crippen molar-refractivity contribution in [2.75, 3.05) is 13.7 Å². The van der Waals surface area contributed by atoms with Crippen molar-refractivity contribution in [1.29, 1.82) is 0 Å². The van der Waals surface area contributed by atoms with Gasteiger partial charge in [0.15, 0.2) is 0 Å². The minimum atomic E-state index is 0.358. The Hall–Kier alpha value is -1.80. The van der Waals surface area contributed by atoms with E-state index < -0.39 is 0 Å². The van der Waals surface area contributed by atoms with Crippen LogP contribution in [0.15, 0.2) is 54.6 Å². The van der Waals surface area contributed by atoms with Crippen LogP contribution in [0.5, 0.6) is 5.75 Å². The molecule has 1 unspecified atom stereocenters. The second-order valence-electron chi connectivity index (χ2n) is 5.92. The summed E-state index contributed by atoms with van der Waals surface area (Å²) >= 11 is 0. The van der Waals surface area contributed by atoms with Crippen LogP contribution in [-0.4, -0.2) is 13.7 Å². The summed E-state index contributed by atoms with van der Waals surface area (Å²) in [6.07, 6.45) is 1.31. The van der Waals surface area contributed by atoms with Gasteiger partial charge in [-0.25, -0.2) is 0 Å². The van der Waals surface area contributed by atoms with Gasteiger partial charge in [0.1, 0.15) is 5.75 Å². The highest BCUT2D eigenvalue weighted by Gasteiger charge is 2.37. The Morgan fingerprint density at radius 1 is 1.14 bits per heavy atom. The molecule has 0 aromatic heterocycles. The summed E-state index contributed by atoms with van der Waals surface area (Å²) in [6.45, 7) is 3.30. The lowest BCUT2D eigenvalue weighted by Crippen LogP contribution is -2.21. The number of benzene rings is 2. The number of hydrogen-bond acceptors (Lipinski definition) is 2. The molecule has 0 spiro atoms. The van der Waals surface area contributed by atoms with Crippen LogP contribution in [0.2, 0.25) is 0 Å². The van der Waals surface area contributed by atoms with E-state index in [0.29, 0.717) is 6.04 Å². The maximum atomic E-state index is 5.29. The van der Waals surface area contributed by atoms with Gasteiger partial charge in [0, 0.05) is 6.04 Å². The van der Waals surface area contributed by atoms with Gasteiger partial charge in [-0.3, -0.25) is 0 Å². The van der Waals surface area contributed by atoms with Crippen LogP contribution in [0.25, 0.3) is 0 Å². The summed E-state index contributed by atoms with van der Waals surface area (Å²) in [5, 5.41) is 3.66. The van der Waals surface area contributed by atoms with Gasteiger partial charge in [-0.15, -0.1) is 0 Å². The predicted octanol–water partition coefficient (Wildman–Crippen LogP) is 4.15. The van der Waals surface area contributed by atoms with Crippen molar-refractivity contribution in [1.82, 2.24) is 5.32 Å². The molecule has 21 heavy (non-hydrogen) atoms. The fourth-order valence-electron chi connectivity index (χ4n) is 2.94. The minimum Gasteiger partial charge on any atom is -0.497 e. The molecule has 1 aliphatic carbocycles. The van der Waals surface area contributed by atoms with Crippen LogP contribution >= 0.6 is 0 Å². The van der Waals surface area contributed by atoms with E-state index in [-0.39, 0.29) is 0 Å². The molecule has 0 aliphatic heterocycles. The molecular weight excluding hydrogens is 258 g/mol. The maximum Gasteiger partial charge on any atom is 0.119 e. The number of ether oxygens (including phenoxy) is 1. The summed E-state index contributed by atoms with van der Waals surface area (Å²) < 4.78 is 5.29. The van der Waals surface area contributed by atoms with Gasteiger partial charge in [0.2, 0.25) is 0 Å². The second kappa shape index (κ2) is 6.31. The quantitative estimate of drug-likeness (QED) is 0.859. The normalized spacial score (nSPS) is 21.8. The predicted molar refractivity (Wildman–Crippen MR) is 86.7 cm³/mol. The summed E-state index contributed by atoms with van der Waals surface area (Å²) in [6, 6.07) is 19.5. The van der Waals surface area contributed by atoms with Crippen LogP contribution in [0.1, 0.15) is 36.4 Å². The molecule has 2 aromatic carbocycles. The first kappa shape index (κ1) is 14.2. The molecule has 1 saturated carbocycles. The van der Waals surface area contributed by atoms with Crippen molar-refractivity contribution in [2.24, 2.45) is 5.92 Å². The van der Waals surface area contributed by atoms with Crippen molar-refractivity contribution < 1.29 is 4.74 Å². The Labute approximate surface area is 127 Å². The van der Waals surface area contributed by atoms with E-state index in [2.05, 4.69) is 60.8 Å². The molecule has 0 amide bonds. The summed E-state index contributed by atoms with van der Waals surface area (Å²) in [7, 11) is 1.71. The van der Waals surface area contributed by atoms with E-state index in [1.54, 1.807) is 7.11 Å². The molecule has 2 nitrogen and oxygen atoms in total. The number of rotatable bonds is 6. The molecule has 0 saturated heterocycles. The van der Waals surface area contributed by atoms with Gasteiger partial charge in [-0.2, -0.15) is 0 Å². The van der Waals surface area contributed by atoms with Gasteiger partial charge < -0.3 is 10.1 Å². The van der Waals surface area contributed by atoms with Gasteiger partial charge in [0.05, 0.1) is 7.11 Å². The van der Waals surface area contributed by atoms with E-state index >= 15 is 0 Å². The van der Waals surface area contributed by atoms with Crippen molar-refractivity contribution in [3.63, 3.8) is 0 Å². The second-order valence-corrected chi connectivity index (χ2v) is 5.92. The minimum absolute atomic E-state index is 0.358. The van der Waals surface area contributed by atoms with Crippen molar-refractivity contribution >= 4 is 0 Å². The summed E-state index contributed by atoms with van der Waals surface area (Å²) in [5.41, 5.74) is 2.77. The molecule has 2 aromatic rings. The van der Waals surface area contributed by atoms with E-state index in [4.69, 9.17) is 4.74 Å². The highest BCUT2D eigenvalue weighted by atomic mass is 16.5. The number of nitrogens with one attached hydrogen (secondary N) is 1. The zero-order chi connectivity index (χ0) is 14.7. The van der Waals surface area contributed by atoms with E-state index in [1.165, 1.54) is 17.5 Å². The van der Waals surface area contributed by atoms with Crippen LogP contribution in [0, 0.1) is 5.92 Å². The Bertz CT molecular complexity index is 581. The molecule has 0 heterocycles. The molecule has 1 fully saturated rings. The van der Waals surface area contributed by atoms with Crippen LogP contribution in [0.3, 0.4) is 0 Å². The fraction of sp³-hybridized carbons (Fsp3) is 0.368. The largest absolute Gasteiger partial charge is 0.497 e. The molecule has 0 radical (unpaired) electrons. The van der Waals surface area contributed by atoms with Crippen LogP contribution < -0.4 is 10.1 Å². The summed E-state index contributed by atoms with van der Waals surface area (Å²) in [4.78, 5) is 0. The topological polar surface area (TPSA) is 21.3 Å². The van der Waals surface area contributed by atoms with Crippen molar-refractivity contribution in [3.05, 3.63) is 65.7 Å². The third-order valence-electron chi connectivity index (χ3n) is 4.43. The molecule has 3 atom stereocenters. The molecule has 1 N–H and O–H groups in total. The molecular formula is C19H23NO. The van der Waals surface area contributed by atoms with E-state index in [1.807, 2.05) is 6.07 Å². The van der Waals surface area contributed by atoms with Gasteiger partial charge >= 0.3 is 0 Å². The average molecular weight is 281 g/mol. The first-order valence-electron chi connectivity index (χ1n) is 7.70. The molecule has 110 valence electrons. The number of methoxy groups -OCH3 is 1. The molecule has 3 rings (SSSR count). The first-order chi connectivity index (χ1) is 10.3. The molecule has 0 bridgehead atoms. The fourth-order valence-corrected chi connectivity index (χ4v) is 2.94. The maximum absolute atomic E-state index is 5.29. The molecule has 2 heteroatoms. The smallest absolute Gasteiger partial charge is 0.119 e. The highest BCUT2D eigenvalue weighted by Crippen LogP contribution is 2.47. The first-order valence-corrected chi connectivity index (χ1v) is 7.70. The Balaban J connectivity index is 1.52. The lowest BCUT2D eigenvalue weighted by atomic mass is 10.1. The summed E-state index contributed by atoms with van der Waals surface area (Å²) in [5.74, 6) is 2.45. The zero-order valence-corrected chi connectivity index (χ0v) is 12.8.